The number of hydrogen-bond acceptors (Lipinski definition) is 1. The lowest BCUT2D eigenvalue weighted by atomic mass is 10.0. The van der Waals surface area contributed by atoms with Crippen molar-refractivity contribution in [2.45, 2.75) is 6.92 Å². The molecule has 8 aromatic rings. The number of fused-ring (bicyclic) bond motifs is 10. The van der Waals surface area contributed by atoms with Crippen LogP contribution < -0.4 is 0 Å². The lowest BCUT2D eigenvalue weighted by molar-refractivity contribution is 1.18. The Morgan fingerprint density at radius 3 is 2.12 bits per heavy atom. The third kappa shape index (κ3) is 2.34. The van der Waals surface area contributed by atoms with Gasteiger partial charge in [-0.2, -0.15) is 0 Å². The average Bonchev–Trinajstić information content (AvgIpc) is 3.52. The van der Waals surface area contributed by atoms with Crippen LogP contribution in [0.3, 0.4) is 0 Å². The summed E-state index contributed by atoms with van der Waals surface area (Å²) < 4.78 is 5.09. The van der Waals surface area contributed by atoms with Gasteiger partial charge in [0.25, 0.3) is 0 Å². The molecule has 8 rings (SSSR count). The fourth-order valence-corrected chi connectivity index (χ4v) is 6.91. The number of aromatic amines is 1. The number of aryl methyl sites for hydroxylation is 1. The van der Waals surface area contributed by atoms with Crippen LogP contribution in [0, 0.1) is 6.92 Å². The first-order chi connectivity index (χ1) is 16.8. The molecule has 0 aliphatic carbocycles. The van der Waals surface area contributed by atoms with E-state index in [2.05, 4.69) is 114 Å². The van der Waals surface area contributed by atoms with Crippen LogP contribution in [0.2, 0.25) is 0 Å². The van der Waals surface area contributed by atoms with Crippen LogP contribution in [-0.4, -0.2) is 9.55 Å². The SMILES string of the molecule is Cc1ccc2c(c1)sc1ccc3[nH]c4cc(-n5c6ccccc6c6ccccc65)ccc4c3c12. The Kier molecular flexibility index (Phi) is 3.51. The molecule has 0 bridgehead atoms. The Bertz CT molecular complexity index is 2030. The molecule has 160 valence electrons. The maximum atomic E-state index is 3.73. The fraction of sp³-hybridized carbons (Fsp3) is 0.0323. The molecule has 3 heteroatoms. The van der Waals surface area contributed by atoms with Gasteiger partial charge in [-0.15, -0.1) is 11.3 Å². The van der Waals surface area contributed by atoms with Gasteiger partial charge >= 0.3 is 0 Å². The molecule has 0 saturated heterocycles. The van der Waals surface area contributed by atoms with E-state index < -0.39 is 0 Å². The number of hydrogen-bond donors (Lipinski definition) is 1. The topological polar surface area (TPSA) is 20.7 Å². The number of benzene rings is 5. The second-order valence-electron chi connectivity index (χ2n) is 9.19. The van der Waals surface area contributed by atoms with Crippen LogP contribution in [0.25, 0.3) is 69.5 Å². The largest absolute Gasteiger partial charge is 0.354 e. The molecule has 1 N–H and O–H groups in total. The van der Waals surface area contributed by atoms with E-state index in [1.165, 1.54) is 75.0 Å². The maximum absolute atomic E-state index is 3.73. The summed E-state index contributed by atoms with van der Waals surface area (Å²) in [5.41, 5.74) is 7.33. The van der Waals surface area contributed by atoms with E-state index in [9.17, 15) is 0 Å². The van der Waals surface area contributed by atoms with Crippen molar-refractivity contribution in [1.82, 2.24) is 9.55 Å². The van der Waals surface area contributed by atoms with Crippen molar-refractivity contribution in [3.63, 3.8) is 0 Å². The lowest BCUT2D eigenvalue weighted by Crippen LogP contribution is -1.93. The van der Waals surface area contributed by atoms with Gasteiger partial charge < -0.3 is 9.55 Å². The minimum atomic E-state index is 1.17. The molecular formula is C31H20N2S. The number of thiophene rings is 1. The predicted octanol–water partition coefficient (Wildman–Crippen LogP) is 9.09. The summed E-state index contributed by atoms with van der Waals surface area (Å²) in [6, 6.07) is 35.6. The molecule has 3 heterocycles. The maximum Gasteiger partial charge on any atom is 0.0541 e. The number of H-pyrrole nitrogens is 1. The molecule has 0 amide bonds. The third-order valence-electron chi connectivity index (χ3n) is 7.17. The molecule has 3 aromatic heterocycles. The zero-order valence-electron chi connectivity index (χ0n) is 18.6. The van der Waals surface area contributed by atoms with Crippen LogP contribution in [0.15, 0.2) is 97.1 Å². The van der Waals surface area contributed by atoms with Gasteiger partial charge in [0.2, 0.25) is 0 Å². The normalized spacial score (nSPS) is 12.3. The smallest absolute Gasteiger partial charge is 0.0541 e. The van der Waals surface area contributed by atoms with Crippen molar-refractivity contribution in [3.8, 4) is 5.69 Å². The average molecular weight is 453 g/mol. The van der Waals surface area contributed by atoms with E-state index in [0.29, 0.717) is 0 Å². The molecule has 5 aromatic carbocycles. The summed E-state index contributed by atoms with van der Waals surface area (Å²) in [5, 5.41) is 7.91. The predicted molar refractivity (Wildman–Crippen MR) is 148 cm³/mol. The summed E-state index contributed by atoms with van der Waals surface area (Å²) in [7, 11) is 0. The van der Waals surface area contributed by atoms with Gasteiger partial charge in [-0.1, -0.05) is 54.6 Å². The molecule has 34 heavy (non-hydrogen) atoms. The van der Waals surface area contributed by atoms with Crippen LogP contribution in [-0.2, 0) is 0 Å². The van der Waals surface area contributed by atoms with Gasteiger partial charge in [0.15, 0.2) is 0 Å². The highest BCUT2D eigenvalue weighted by atomic mass is 32.1. The minimum absolute atomic E-state index is 1.17. The molecule has 0 atom stereocenters. The van der Waals surface area contributed by atoms with E-state index in [1.54, 1.807) is 0 Å². The highest BCUT2D eigenvalue weighted by Crippen LogP contribution is 2.42. The van der Waals surface area contributed by atoms with Crippen LogP contribution in [0.4, 0.5) is 0 Å². The second-order valence-corrected chi connectivity index (χ2v) is 10.3. The molecule has 0 fully saturated rings. The third-order valence-corrected chi connectivity index (χ3v) is 8.29. The summed E-state index contributed by atoms with van der Waals surface area (Å²) in [5.74, 6) is 0. The van der Waals surface area contributed by atoms with Gasteiger partial charge in [-0.3, -0.25) is 0 Å². The minimum Gasteiger partial charge on any atom is -0.354 e. The molecule has 2 nitrogen and oxygen atoms in total. The van der Waals surface area contributed by atoms with Gasteiger partial charge in [0.05, 0.1) is 11.0 Å². The van der Waals surface area contributed by atoms with Gasteiger partial charge in [-0.25, -0.2) is 0 Å². The van der Waals surface area contributed by atoms with Gasteiger partial charge in [-0.05, 0) is 55.0 Å². The van der Waals surface area contributed by atoms with Crippen LogP contribution >= 0.6 is 11.3 Å². The molecular weight excluding hydrogens is 432 g/mol. The van der Waals surface area contributed by atoms with E-state index >= 15 is 0 Å². The molecule has 0 aliphatic heterocycles. The summed E-state index contributed by atoms with van der Waals surface area (Å²) in [6.07, 6.45) is 0. The Labute approximate surface area is 199 Å². The zero-order valence-corrected chi connectivity index (χ0v) is 19.4. The zero-order chi connectivity index (χ0) is 22.4. The number of nitrogens with zero attached hydrogens (tertiary/aromatic N) is 1. The number of aromatic nitrogens is 2. The van der Waals surface area contributed by atoms with Crippen LogP contribution in [0.5, 0.6) is 0 Å². The first kappa shape index (κ1) is 18.4. The lowest BCUT2D eigenvalue weighted by Gasteiger charge is -2.08. The second kappa shape index (κ2) is 6.49. The highest BCUT2D eigenvalue weighted by molar-refractivity contribution is 7.26. The van der Waals surface area contributed by atoms with Crippen molar-refractivity contribution in [2.24, 2.45) is 0 Å². The number of para-hydroxylation sites is 2. The Morgan fingerprint density at radius 1 is 0.588 bits per heavy atom. The number of rotatable bonds is 1. The van der Waals surface area contributed by atoms with Crippen molar-refractivity contribution in [3.05, 3.63) is 103 Å². The Morgan fingerprint density at radius 2 is 1.32 bits per heavy atom. The monoisotopic (exact) mass is 452 g/mol. The van der Waals surface area contributed by atoms with E-state index in [0.717, 1.165) is 0 Å². The molecule has 0 aliphatic rings. The van der Waals surface area contributed by atoms with Crippen molar-refractivity contribution < 1.29 is 0 Å². The van der Waals surface area contributed by atoms with Crippen molar-refractivity contribution in [1.29, 1.82) is 0 Å². The van der Waals surface area contributed by atoms with Crippen molar-refractivity contribution >= 4 is 75.1 Å². The van der Waals surface area contributed by atoms with E-state index in [1.807, 2.05) is 11.3 Å². The first-order valence-corrected chi connectivity index (χ1v) is 12.4. The van der Waals surface area contributed by atoms with Gasteiger partial charge in [0, 0.05) is 58.4 Å². The summed E-state index contributed by atoms with van der Waals surface area (Å²) >= 11 is 1.89. The molecule has 0 saturated carbocycles. The summed E-state index contributed by atoms with van der Waals surface area (Å²) in [4.78, 5) is 3.73. The number of nitrogens with one attached hydrogen (secondary N) is 1. The van der Waals surface area contributed by atoms with E-state index in [4.69, 9.17) is 0 Å². The Balaban J connectivity index is 1.46. The molecule has 0 spiro atoms. The first-order valence-electron chi connectivity index (χ1n) is 11.6. The fourth-order valence-electron chi connectivity index (χ4n) is 5.70. The van der Waals surface area contributed by atoms with Gasteiger partial charge in [0.1, 0.15) is 0 Å². The highest BCUT2D eigenvalue weighted by Gasteiger charge is 2.16. The summed E-state index contributed by atoms with van der Waals surface area (Å²) in [6.45, 7) is 2.17. The standard InChI is InChI=1S/C31H20N2S/c1-18-10-12-23-29(16-18)34-28-15-14-24-30(31(23)28)22-13-11-19(17-25(22)32-24)33-26-8-4-2-6-20(26)21-7-3-5-9-27(21)33/h2-17,32H,1H3. The van der Waals surface area contributed by atoms with E-state index in [-0.39, 0.29) is 0 Å². The quantitative estimate of drug-likeness (QED) is 0.256. The Hall–Kier alpha value is -4.08. The molecule has 0 unspecified atom stereocenters. The van der Waals surface area contributed by atoms with Crippen molar-refractivity contribution in [2.75, 3.05) is 0 Å². The molecule has 0 radical (unpaired) electrons. The van der Waals surface area contributed by atoms with Crippen LogP contribution in [0.1, 0.15) is 5.56 Å².